The molecule has 1 amide bonds. The minimum absolute atomic E-state index is 0.0154. The van der Waals surface area contributed by atoms with Gasteiger partial charge in [0, 0.05) is 12.8 Å². The van der Waals surface area contributed by atoms with E-state index in [1.807, 2.05) is 0 Å². The van der Waals surface area contributed by atoms with Crippen LogP contribution in [0.3, 0.4) is 0 Å². The van der Waals surface area contributed by atoms with Gasteiger partial charge in [0.15, 0.2) is 0 Å². The predicted molar refractivity (Wildman–Crippen MR) is 61.0 cm³/mol. The van der Waals surface area contributed by atoms with Gasteiger partial charge in [-0.2, -0.15) is 13.2 Å². The van der Waals surface area contributed by atoms with Crippen molar-refractivity contribution in [1.29, 1.82) is 0 Å². The van der Waals surface area contributed by atoms with Gasteiger partial charge in [-0.15, -0.1) is 0 Å². The second kappa shape index (κ2) is 5.68. The monoisotopic (exact) mass is 259 g/mol. The molecule has 1 aromatic carbocycles. The zero-order chi connectivity index (χ0) is 13.8. The van der Waals surface area contributed by atoms with Gasteiger partial charge in [0.05, 0.1) is 12.2 Å². The number of amides is 1. The predicted octanol–water partition coefficient (Wildman–Crippen LogP) is 2.98. The fourth-order valence-electron chi connectivity index (χ4n) is 1.39. The number of carbonyl (C=O) groups is 1. The van der Waals surface area contributed by atoms with Crippen LogP contribution in [0.25, 0.3) is 0 Å². The number of nitrogens with one attached hydrogen (secondary N) is 1. The van der Waals surface area contributed by atoms with Crippen molar-refractivity contribution in [2.24, 2.45) is 0 Å². The first-order chi connectivity index (χ1) is 8.38. The molecule has 0 bridgehead atoms. The SMILES string of the molecule is C=CC(=O)Nc1ccc(COC)c(C(F)(F)F)c1. The zero-order valence-electron chi connectivity index (χ0n) is 9.67. The summed E-state index contributed by atoms with van der Waals surface area (Å²) in [5.41, 5.74) is -0.750. The number of halogens is 3. The van der Waals surface area contributed by atoms with Crippen molar-refractivity contribution in [3.63, 3.8) is 0 Å². The van der Waals surface area contributed by atoms with Crippen molar-refractivity contribution >= 4 is 11.6 Å². The van der Waals surface area contributed by atoms with Crippen LogP contribution in [-0.2, 0) is 22.3 Å². The number of carbonyl (C=O) groups excluding carboxylic acids is 1. The fourth-order valence-corrected chi connectivity index (χ4v) is 1.39. The van der Waals surface area contributed by atoms with Gasteiger partial charge in [-0.25, -0.2) is 0 Å². The Bertz CT molecular complexity index is 455. The summed E-state index contributed by atoms with van der Waals surface area (Å²) in [6.07, 6.45) is -3.51. The molecule has 0 fully saturated rings. The third-order valence-corrected chi connectivity index (χ3v) is 2.17. The standard InChI is InChI=1S/C12H12F3NO2/c1-3-11(17)16-9-5-4-8(7-18-2)10(6-9)12(13,14)15/h3-6H,1,7H2,2H3,(H,16,17). The van der Waals surface area contributed by atoms with E-state index in [1.165, 1.54) is 19.2 Å². The highest BCUT2D eigenvalue weighted by Crippen LogP contribution is 2.34. The number of benzene rings is 1. The maximum Gasteiger partial charge on any atom is 0.416 e. The van der Waals surface area contributed by atoms with Gasteiger partial charge in [0.1, 0.15) is 0 Å². The van der Waals surface area contributed by atoms with Crippen LogP contribution < -0.4 is 5.32 Å². The largest absolute Gasteiger partial charge is 0.416 e. The van der Waals surface area contributed by atoms with Crippen LogP contribution in [0, 0.1) is 0 Å². The fraction of sp³-hybridized carbons (Fsp3) is 0.250. The Labute approximate surface area is 102 Å². The van der Waals surface area contributed by atoms with Gasteiger partial charge in [0.2, 0.25) is 5.91 Å². The smallest absolute Gasteiger partial charge is 0.380 e. The molecule has 0 unspecified atom stereocenters. The molecule has 1 rings (SSSR count). The van der Waals surface area contributed by atoms with Crippen LogP contribution in [0.2, 0.25) is 0 Å². The minimum Gasteiger partial charge on any atom is -0.380 e. The third-order valence-electron chi connectivity index (χ3n) is 2.17. The van der Waals surface area contributed by atoms with Crippen molar-refractivity contribution in [3.05, 3.63) is 42.0 Å². The molecule has 0 radical (unpaired) electrons. The molecule has 0 aliphatic rings. The van der Waals surface area contributed by atoms with E-state index in [0.717, 1.165) is 12.1 Å². The van der Waals surface area contributed by atoms with Crippen molar-refractivity contribution in [1.82, 2.24) is 0 Å². The van der Waals surface area contributed by atoms with E-state index in [0.29, 0.717) is 0 Å². The zero-order valence-corrected chi connectivity index (χ0v) is 9.67. The molecule has 0 heterocycles. The molecule has 0 aliphatic carbocycles. The molecule has 6 heteroatoms. The lowest BCUT2D eigenvalue weighted by Crippen LogP contribution is -2.13. The average Bonchev–Trinajstić information content (AvgIpc) is 2.30. The second-order valence-corrected chi connectivity index (χ2v) is 3.50. The van der Waals surface area contributed by atoms with Gasteiger partial charge in [0.25, 0.3) is 0 Å². The summed E-state index contributed by atoms with van der Waals surface area (Å²) in [4.78, 5) is 11.0. The summed E-state index contributed by atoms with van der Waals surface area (Å²) in [5.74, 6) is -0.567. The van der Waals surface area contributed by atoms with Gasteiger partial charge in [-0.3, -0.25) is 4.79 Å². The Morgan fingerprint density at radius 2 is 2.17 bits per heavy atom. The summed E-state index contributed by atoms with van der Waals surface area (Å²) in [7, 11) is 1.31. The Morgan fingerprint density at radius 3 is 2.67 bits per heavy atom. The van der Waals surface area contributed by atoms with Crippen LogP contribution >= 0.6 is 0 Å². The van der Waals surface area contributed by atoms with E-state index in [2.05, 4.69) is 11.9 Å². The first-order valence-corrected chi connectivity index (χ1v) is 5.01. The quantitative estimate of drug-likeness (QED) is 0.844. The van der Waals surface area contributed by atoms with E-state index in [-0.39, 0.29) is 17.9 Å². The topological polar surface area (TPSA) is 38.3 Å². The Balaban J connectivity index is 3.13. The lowest BCUT2D eigenvalue weighted by molar-refractivity contribution is -0.138. The highest BCUT2D eigenvalue weighted by Gasteiger charge is 2.33. The van der Waals surface area contributed by atoms with Crippen molar-refractivity contribution < 1.29 is 22.7 Å². The lowest BCUT2D eigenvalue weighted by atomic mass is 10.1. The first-order valence-electron chi connectivity index (χ1n) is 5.01. The Morgan fingerprint density at radius 1 is 1.50 bits per heavy atom. The normalized spacial score (nSPS) is 11.1. The minimum atomic E-state index is -4.50. The van der Waals surface area contributed by atoms with E-state index in [9.17, 15) is 18.0 Å². The highest BCUT2D eigenvalue weighted by molar-refractivity contribution is 5.98. The van der Waals surface area contributed by atoms with Gasteiger partial charge in [-0.1, -0.05) is 12.6 Å². The molecule has 0 aromatic heterocycles. The summed E-state index contributed by atoms with van der Waals surface area (Å²) in [6, 6.07) is 3.52. The number of methoxy groups -OCH3 is 1. The Hall–Kier alpha value is -1.82. The maximum absolute atomic E-state index is 12.8. The summed E-state index contributed by atoms with van der Waals surface area (Å²) in [5, 5.41) is 2.28. The number of ether oxygens (including phenoxy) is 1. The van der Waals surface area contributed by atoms with E-state index in [4.69, 9.17) is 4.74 Å². The lowest BCUT2D eigenvalue weighted by Gasteiger charge is -2.14. The van der Waals surface area contributed by atoms with E-state index >= 15 is 0 Å². The summed E-state index contributed by atoms with van der Waals surface area (Å²) in [6.45, 7) is 3.07. The van der Waals surface area contributed by atoms with Gasteiger partial charge < -0.3 is 10.1 Å². The number of alkyl halides is 3. The van der Waals surface area contributed by atoms with Crippen LogP contribution in [-0.4, -0.2) is 13.0 Å². The molecule has 1 N–H and O–H groups in total. The molecule has 0 aliphatic heterocycles. The summed E-state index contributed by atoms with van der Waals surface area (Å²) >= 11 is 0. The molecule has 0 spiro atoms. The number of anilines is 1. The van der Waals surface area contributed by atoms with E-state index < -0.39 is 17.6 Å². The Kier molecular flexibility index (Phi) is 4.49. The maximum atomic E-state index is 12.8. The molecular formula is C12H12F3NO2. The molecule has 0 saturated carbocycles. The van der Waals surface area contributed by atoms with Gasteiger partial charge in [-0.05, 0) is 23.8 Å². The highest BCUT2D eigenvalue weighted by atomic mass is 19.4. The van der Waals surface area contributed by atoms with Crippen LogP contribution in [0.1, 0.15) is 11.1 Å². The molecule has 0 atom stereocenters. The molecule has 18 heavy (non-hydrogen) atoms. The van der Waals surface area contributed by atoms with Crippen molar-refractivity contribution in [2.45, 2.75) is 12.8 Å². The van der Waals surface area contributed by atoms with Crippen LogP contribution in [0.4, 0.5) is 18.9 Å². The van der Waals surface area contributed by atoms with Gasteiger partial charge >= 0.3 is 6.18 Å². The van der Waals surface area contributed by atoms with E-state index in [1.54, 1.807) is 0 Å². The molecule has 1 aromatic rings. The van der Waals surface area contributed by atoms with Crippen molar-refractivity contribution in [3.8, 4) is 0 Å². The number of hydrogen-bond donors (Lipinski definition) is 1. The summed E-state index contributed by atoms with van der Waals surface area (Å²) < 4.78 is 43.1. The number of hydrogen-bond acceptors (Lipinski definition) is 2. The molecule has 0 saturated heterocycles. The van der Waals surface area contributed by atoms with Crippen LogP contribution in [0.5, 0.6) is 0 Å². The second-order valence-electron chi connectivity index (χ2n) is 3.50. The molecule has 3 nitrogen and oxygen atoms in total. The van der Waals surface area contributed by atoms with Crippen LogP contribution in [0.15, 0.2) is 30.9 Å². The molecular weight excluding hydrogens is 247 g/mol. The first kappa shape index (κ1) is 14.2. The average molecular weight is 259 g/mol. The van der Waals surface area contributed by atoms with Crippen molar-refractivity contribution in [2.75, 3.05) is 12.4 Å². The third kappa shape index (κ3) is 3.59. The molecule has 98 valence electrons. The number of rotatable bonds is 4.